The minimum atomic E-state index is 0.718. The summed E-state index contributed by atoms with van der Waals surface area (Å²) >= 11 is 0. The Morgan fingerprint density at radius 2 is 1.57 bits per heavy atom. The van der Waals surface area contributed by atoms with Crippen molar-refractivity contribution in [3.8, 4) is 22.9 Å². The zero-order valence-corrected chi connectivity index (χ0v) is 17.9. The van der Waals surface area contributed by atoms with E-state index in [1.54, 1.807) is 7.11 Å². The maximum Gasteiger partial charge on any atom is 0.141 e. The van der Waals surface area contributed by atoms with Gasteiger partial charge in [-0.25, -0.2) is 4.98 Å². The Morgan fingerprint density at radius 3 is 2.30 bits per heavy atom. The van der Waals surface area contributed by atoms with Crippen molar-refractivity contribution in [2.24, 2.45) is 0 Å². The van der Waals surface area contributed by atoms with Gasteiger partial charge in [-0.05, 0) is 74.2 Å². The molecule has 4 heteroatoms. The topological polar surface area (TPSA) is 36.3 Å². The third kappa shape index (κ3) is 4.18. The molecule has 1 heterocycles. The van der Waals surface area contributed by atoms with E-state index in [0.717, 1.165) is 54.4 Å². The highest BCUT2D eigenvalue weighted by atomic mass is 16.5. The predicted octanol–water partition coefficient (Wildman–Crippen LogP) is 6.19. The Balaban J connectivity index is 1.48. The summed E-state index contributed by atoms with van der Waals surface area (Å²) in [6, 6.07) is 22.7. The summed E-state index contributed by atoms with van der Waals surface area (Å²) in [5, 5.41) is 0. The number of fused-ring (bicyclic) bond motifs is 1. The number of ether oxygens (including phenoxy) is 2. The molecule has 154 valence electrons. The van der Waals surface area contributed by atoms with Gasteiger partial charge in [0.1, 0.15) is 17.3 Å². The fourth-order valence-electron chi connectivity index (χ4n) is 3.84. The highest BCUT2D eigenvalue weighted by Crippen LogP contribution is 2.27. The first-order valence-corrected chi connectivity index (χ1v) is 10.5. The van der Waals surface area contributed by atoms with Gasteiger partial charge in [-0.15, -0.1) is 0 Å². The summed E-state index contributed by atoms with van der Waals surface area (Å²) in [5.41, 5.74) is 5.67. The third-order valence-corrected chi connectivity index (χ3v) is 5.43. The van der Waals surface area contributed by atoms with Crippen LogP contribution in [0.4, 0.5) is 0 Å². The van der Waals surface area contributed by atoms with Gasteiger partial charge in [0.25, 0.3) is 0 Å². The fraction of sp³-hybridized carbons (Fsp3) is 0.269. The van der Waals surface area contributed by atoms with Crippen LogP contribution >= 0.6 is 0 Å². The van der Waals surface area contributed by atoms with Gasteiger partial charge in [-0.2, -0.15) is 0 Å². The molecule has 0 fully saturated rings. The molecule has 0 N–H and O–H groups in total. The number of benzene rings is 3. The standard InChI is InChI=1S/C26H28N2O2/c1-19-9-8-10-20(2)25(19)30-18-7-6-17-28-24-12-5-4-11-23(24)27-26(28)21-13-15-22(29-3)16-14-21/h4-5,8-16H,6-7,17-18H2,1-3H3. The van der Waals surface area contributed by atoms with E-state index in [2.05, 4.69) is 66.9 Å². The Labute approximate surface area is 178 Å². The number of imidazole rings is 1. The first-order valence-electron chi connectivity index (χ1n) is 10.5. The summed E-state index contributed by atoms with van der Waals surface area (Å²) in [7, 11) is 1.69. The van der Waals surface area contributed by atoms with Crippen molar-refractivity contribution in [2.45, 2.75) is 33.2 Å². The maximum absolute atomic E-state index is 6.08. The van der Waals surface area contributed by atoms with Gasteiger partial charge in [0.15, 0.2) is 0 Å². The van der Waals surface area contributed by atoms with E-state index >= 15 is 0 Å². The minimum absolute atomic E-state index is 0.718. The average molecular weight is 401 g/mol. The Morgan fingerprint density at radius 1 is 0.833 bits per heavy atom. The number of aryl methyl sites for hydroxylation is 3. The predicted molar refractivity (Wildman–Crippen MR) is 122 cm³/mol. The molecule has 3 aromatic carbocycles. The molecule has 0 unspecified atom stereocenters. The second-order valence-electron chi connectivity index (χ2n) is 7.58. The van der Waals surface area contributed by atoms with Crippen molar-refractivity contribution in [3.05, 3.63) is 77.9 Å². The van der Waals surface area contributed by atoms with Crippen LogP contribution < -0.4 is 9.47 Å². The van der Waals surface area contributed by atoms with E-state index in [-0.39, 0.29) is 0 Å². The van der Waals surface area contributed by atoms with Crippen molar-refractivity contribution >= 4 is 11.0 Å². The summed E-state index contributed by atoms with van der Waals surface area (Å²) in [5.74, 6) is 2.86. The minimum Gasteiger partial charge on any atom is -0.497 e. The smallest absolute Gasteiger partial charge is 0.141 e. The second-order valence-corrected chi connectivity index (χ2v) is 7.58. The molecule has 4 aromatic rings. The van der Waals surface area contributed by atoms with E-state index in [4.69, 9.17) is 14.5 Å². The Kier molecular flexibility index (Phi) is 6.03. The number of para-hydroxylation sites is 3. The zero-order valence-electron chi connectivity index (χ0n) is 17.9. The molecule has 1 aromatic heterocycles. The zero-order chi connectivity index (χ0) is 20.9. The van der Waals surface area contributed by atoms with Gasteiger partial charge < -0.3 is 14.0 Å². The number of hydrogen-bond acceptors (Lipinski definition) is 3. The molecule has 0 atom stereocenters. The van der Waals surface area contributed by atoms with E-state index in [9.17, 15) is 0 Å². The number of methoxy groups -OCH3 is 1. The molecule has 0 spiro atoms. The number of rotatable bonds is 8. The van der Waals surface area contributed by atoms with Crippen molar-refractivity contribution < 1.29 is 9.47 Å². The molecule has 0 saturated heterocycles. The van der Waals surface area contributed by atoms with E-state index in [1.165, 1.54) is 16.6 Å². The van der Waals surface area contributed by atoms with Crippen molar-refractivity contribution in [1.29, 1.82) is 0 Å². The summed E-state index contributed by atoms with van der Waals surface area (Å²) in [4.78, 5) is 4.90. The molecule has 0 amide bonds. The molecule has 4 nitrogen and oxygen atoms in total. The van der Waals surface area contributed by atoms with Gasteiger partial charge in [-0.3, -0.25) is 0 Å². The second kappa shape index (κ2) is 9.04. The van der Waals surface area contributed by atoms with Crippen LogP contribution in [0, 0.1) is 13.8 Å². The van der Waals surface area contributed by atoms with Crippen molar-refractivity contribution in [1.82, 2.24) is 9.55 Å². The van der Waals surface area contributed by atoms with Gasteiger partial charge in [0.05, 0.1) is 24.8 Å². The van der Waals surface area contributed by atoms with Crippen LogP contribution in [0.3, 0.4) is 0 Å². The van der Waals surface area contributed by atoms with Crippen LogP contribution in [0.5, 0.6) is 11.5 Å². The number of nitrogens with zero attached hydrogens (tertiary/aromatic N) is 2. The highest BCUT2D eigenvalue weighted by molar-refractivity contribution is 5.80. The number of unbranched alkanes of at least 4 members (excludes halogenated alkanes) is 1. The SMILES string of the molecule is COc1ccc(-c2nc3ccccc3n2CCCCOc2c(C)cccc2C)cc1. The molecular weight excluding hydrogens is 372 g/mol. The largest absolute Gasteiger partial charge is 0.497 e. The van der Waals surface area contributed by atoms with Crippen molar-refractivity contribution in [2.75, 3.05) is 13.7 Å². The Bertz CT molecular complexity index is 1110. The normalized spacial score (nSPS) is 11.0. The highest BCUT2D eigenvalue weighted by Gasteiger charge is 2.12. The van der Waals surface area contributed by atoms with E-state index < -0.39 is 0 Å². The van der Waals surface area contributed by atoms with Crippen molar-refractivity contribution in [3.63, 3.8) is 0 Å². The lowest BCUT2D eigenvalue weighted by atomic mass is 10.1. The van der Waals surface area contributed by atoms with Crippen LogP contribution in [-0.4, -0.2) is 23.3 Å². The molecule has 30 heavy (non-hydrogen) atoms. The lowest BCUT2D eigenvalue weighted by Gasteiger charge is -2.13. The van der Waals surface area contributed by atoms with Crippen LogP contribution in [0.2, 0.25) is 0 Å². The lowest BCUT2D eigenvalue weighted by molar-refractivity contribution is 0.300. The van der Waals surface area contributed by atoms with E-state index in [0.29, 0.717) is 0 Å². The number of aromatic nitrogens is 2. The molecule has 0 radical (unpaired) electrons. The van der Waals surface area contributed by atoms with Gasteiger partial charge in [0.2, 0.25) is 0 Å². The summed E-state index contributed by atoms with van der Waals surface area (Å²) in [6.45, 7) is 5.82. The molecule has 0 bridgehead atoms. The molecule has 0 saturated carbocycles. The van der Waals surface area contributed by atoms with E-state index in [1.807, 2.05) is 18.2 Å². The van der Waals surface area contributed by atoms with Crippen LogP contribution in [-0.2, 0) is 6.54 Å². The molecule has 0 aliphatic rings. The van der Waals surface area contributed by atoms with Crippen LogP contribution in [0.15, 0.2) is 66.7 Å². The average Bonchev–Trinajstić information content (AvgIpc) is 3.14. The molecule has 4 rings (SSSR count). The van der Waals surface area contributed by atoms with Gasteiger partial charge in [0, 0.05) is 12.1 Å². The maximum atomic E-state index is 6.08. The first-order chi connectivity index (χ1) is 14.7. The summed E-state index contributed by atoms with van der Waals surface area (Å²) in [6.07, 6.45) is 2.01. The summed E-state index contributed by atoms with van der Waals surface area (Å²) < 4.78 is 13.7. The van der Waals surface area contributed by atoms with Gasteiger partial charge in [-0.1, -0.05) is 30.3 Å². The quantitative estimate of drug-likeness (QED) is 0.331. The van der Waals surface area contributed by atoms with Crippen LogP contribution in [0.1, 0.15) is 24.0 Å². The van der Waals surface area contributed by atoms with Gasteiger partial charge >= 0.3 is 0 Å². The molecular formula is C26H28N2O2. The fourth-order valence-corrected chi connectivity index (χ4v) is 3.84. The lowest BCUT2D eigenvalue weighted by Crippen LogP contribution is -2.05. The monoisotopic (exact) mass is 400 g/mol. The molecule has 0 aliphatic heterocycles. The molecule has 0 aliphatic carbocycles. The third-order valence-electron chi connectivity index (χ3n) is 5.43. The first kappa shape index (κ1) is 20.0. The van der Waals surface area contributed by atoms with Crippen LogP contribution in [0.25, 0.3) is 22.4 Å². The Hall–Kier alpha value is -3.27. The number of hydrogen-bond donors (Lipinski definition) is 0.